The van der Waals surface area contributed by atoms with E-state index >= 15 is 0 Å². The maximum absolute atomic E-state index is 5.61. The first-order chi connectivity index (χ1) is 10.3. The first-order valence-corrected chi connectivity index (χ1v) is 7.51. The number of nitrogens with two attached hydrogens (primary N) is 1. The average Bonchev–Trinajstić information content (AvgIpc) is 2.55. The summed E-state index contributed by atoms with van der Waals surface area (Å²) in [5.74, 6) is 6.30. The fourth-order valence-electron chi connectivity index (χ4n) is 2.07. The summed E-state index contributed by atoms with van der Waals surface area (Å²) < 4.78 is 10.9. The van der Waals surface area contributed by atoms with Gasteiger partial charge in [-0.05, 0) is 6.42 Å². The summed E-state index contributed by atoms with van der Waals surface area (Å²) in [6.45, 7) is 5.64. The van der Waals surface area contributed by atoms with Crippen LogP contribution in [0.5, 0.6) is 6.01 Å². The summed E-state index contributed by atoms with van der Waals surface area (Å²) in [6, 6.07) is 0.316. The molecule has 0 aliphatic carbocycles. The SMILES string of the molecule is CCCCCCOc1nc(NN)nc(N2CCOCC2)n1. The number of rotatable bonds is 8. The van der Waals surface area contributed by atoms with E-state index in [0.717, 1.165) is 25.9 Å². The van der Waals surface area contributed by atoms with Crippen molar-refractivity contribution in [2.24, 2.45) is 5.84 Å². The molecule has 0 radical (unpaired) electrons. The van der Waals surface area contributed by atoms with Gasteiger partial charge in [0.1, 0.15) is 0 Å². The number of hydrazine groups is 1. The standard InChI is InChI=1S/C13H24N6O2/c1-2-3-4-5-8-21-13-16-11(18-14)15-12(17-13)19-6-9-20-10-7-19/h2-10,14H2,1H3,(H,15,16,17,18). The van der Waals surface area contributed by atoms with Crippen molar-refractivity contribution < 1.29 is 9.47 Å². The molecule has 0 amide bonds. The molecule has 0 spiro atoms. The van der Waals surface area contributed by atoms with Crippen molar-refractivity contribution in [2.45, 2.75) is 32.6 Å². The molecular formula is C13H24N6O2. The summed E-state index contributed by atoms with van der Waals surface area (Å²) in [7, 11) is 0. The monoisotopic (exact) mass is 296 g/mol. The topological polar surface area (TPSA) is 98.4 Å². The summed E-state index contributed by atoms with van der Waals surface area (Å²) >= 11 is 0. The van der Waals surface area contributed by atoms with Gasteiger partial charge in [-0.1, -0.05) is 26.2 Å². The number of hydrogen-bond acceptors (Lipinski definition) is 8. The molecular weight excluding hydrogens is 272 g/mol. The van der Waals surface area contributed by atoms with E-state index < -0.39 is 0 Å². The molecule has 1 saturated heterocycles. The summed E-state index contributed by atoms with van der Waals surface area (Å²) in [5.41, 5.74) is 2.46. The molecule has 1 fully saturated rings. The minimum Gasteiger partial charge on any atom is -0.463 e. The van der Waals surface area contributed by atoms with Crippen LogP contribution in [-0.2, 0) is 4.74 Å². The first kappa shape index (κ1) is 15.7. The molecule has 8 heteroatoms. The van der Waals surface area contributed by atoms with Crippen LogP contribution < -0.4 is 20.9 Å². The number of anilines is 2. The molecule has 2 heterocycles. The maximum Gasteiger partial charge on any atom is 0.323 e. The molecule has 0 aromatic carbocycles. The van der Waals surface area contributed by atoms with Crippen molar-refractivity contribution in [3.05, 3.63) is 0 Å². The third-order valence-electron chi connectivity index (χ3n) is 3.26. The van der Waals surface area contributed by atoms with Crippen LogP contribution >= 0.6 is 0 Å². The van der Waals surface area contributed by atoms with Gasteiger partial charge in [0.15, 0.2) is 0 Å². The smallest absolute Gasteiger partial charge is 0.323 e. The lowest BCUT2D eigenvalue weighted by atomic mass is 10.2. The highest BCUT2D eigenvalue weighted by atomic mass is 16.5. The van der Waals surface area contributed by atoms with Gasteiger partial charge < -0.3 is 14.4 Å². The minimum atomic E-state index is 0.315. The Bertz CT molecular complexity index is 425. The predicted octanol–water partition coefficient (Wildman–Crippen LogP) is 0.953. The number of nitrogens with one attached hydrogen (secondary N) is 1. The Balaban J connectivity index is 1.96. The Hall–Kier alpha value is -1.67. The van der Waals surface area contributed by atoms with Gasteiger partial charge in [-0.25, -0.2) is 5.84 Å². The largest absolute Gasteiger partial charge is 0.463 e. The van der Waals surface area contributed by atoms with Crippen molar-refractivity contribution in [3.8, 4) is 6.01 Å². The fraction of sp³-hybridized carbons (Fsp3) is 0.769. The minimum absolute atomic E-state index is 0.315. The van der Waals surface area contributed by atoms with Crippen LogP contribution in [-0.4, -0.2) is 47.9 Å². The Labute approximate surface area is 125 Å². The number of nitrogens with zero attached hydrogens (tertiary/aromatic N) is 4. The maximum atomic E-state index is 5.61. The average molecular weight is 296 g/mol. The van der Waals surface area contributed by atoms with Crippen molar-refractivity contribution in [1.29, 1.82) is 0 Å². The van der Waals surface area contributed by atoms with Crippen molar-refractivity contribution in [3.63, 3.8) is 0 Å². The molecule has 3 N–H and O–H groups in total. The number of ether oxygens (including phenoxy) is 2. The van der Waals surface area contributed by atoms with E-state index in [0.29, 0.717) is 37.7 Å². The number of nitrogen functional groups attached to an aromatic ring is 1. The second-order valence-electron chi connectivity index (χ2n) is 4.89. The Morgan fingerprint density at radius 3 is 2.71 bits per heavy atom. The second kappa shape index (κ2) is 8.58. The summed E-state index contributed by atoms with van der Waals surface area (Å²) in [5, 5.41) is 0. The number of aromatic nitrogens is 3. The number of morpholine rings is 1. The van der Waals surface area contributed by atoms with Crippen molar-refractivity contribution >= 4 is 11.9 Å². The zero-order chi connectivity index (χ0) is 14.9. The quantitative estimate of drug-likeness (QED) is 0.416. The van der Waals surface area contributed by atoms with Crippen molar-refractivity contribution in [1.82, 2.24) is 15.0 Å². The van der Waals surface area contributed by atoms with E-state index in [-0.39, 0.29) is 0 Å². The van der Waals surface area contributed by atoms with Gasteiger partial charge >= 0.3 is 6.01 Å². The van der Waals surface area contributed by atoms with Gasteiger partial charge in [-0.2, -0.15) is 15.0 Å². The summed E-state index contributed by atoms with van der Waals surface area (Å²) in [6.07, 6.45) is 4.57. The first-order valence-electron chi connectivity index (χ1n) is 7.51. The molecule has 0 unspecified atom stereocenters. The highest BCUT2D eigenvalue weighted by Crippen LogP contribution is 2.16. The zero-order valence-corrected chi connectivity index (χ0v) is 12.5. The van der Waals surface area contributed by atoms with Gasteiger partial charge in [0.25, 0.3) is 0 Å². The van der Waals surface area contributed by atoms with E-state index in [9.17, 15) is 0 Å². The van der Waals surface area contributed by atoms with Crippen molar-refractivity contribution in [2.75, 3.05) is 43.2 Å². The van der Waals surface area contributed by atoms with Crippen LogP contribution in [0.25, 0.3) is 0 Å². The second-order valence-corrected chi connectivity index (χ2v) is 4.89. The molecule has 21 heavy (non-hydrogen) atoms. The molecule has 0 bridgehead atoms. The van der Waals surface area contributed by atoms with Gasteiger partial charge in [0, 0.05) is 13.1 Å². The van der Waals surface area contributed by atoms with Crippen LogP contribution in [0.2, 0.25) is 0 Å². The normalized spacial score (nSPS) is 15.0. The number of unbranched alkanes of at least 4 members (excludes halogenated alkanes) is 3. The fourth-order valence-corrected chi connectivity index (χ4v) is 2.07. The van der Waals surface area contributed by atoms with Crippen LogP contribution in [0.15, 0.2) is 0 Å². The Morgan fingerprint density at radius 2 is 2.00 bits per heavy atom. The highest BCUT2D eigenvalue weighted by molar-refractivity contribution is 5.37. The third kappa shape index (κ3) is 4.98. The number of hydrogen-bond donors (Lipinski definition) is 2. The van der Waals surface area contributed by atoms with Crippen LogP contribution in [0.1, 0.15) is 32.6 Å². The van der Waals surface area contributed by atoms with Gasteiger partial charge in [0.2, 0.25) is 11.9 Å². The lowest BCUT2D eigenvalue weighted by Crippen LogP contribution is -2.37. The summed E-state index contributed by atoms with van der Waals surface area (Å²) in [4.78, 5) is 14.8. The van der Waals surface area contributed by atoms with Gasteiger partial charge in [0.05, 0.1) is 19.8 Å². The van der Waals surface area contributed by atoms with Crippen LogP contribution in [0.3, 0.4) is 0 Å². The van der Waals surface area contributed by atoms with E-state index in [1.54, 1.807) is 0 Å². The molecule has 1 aromatic heterocycles. The molecule has 1 aromatic rings. The van der Waals surface area contributed by atoms with Crippen LogP contribution in [0, 0.1) is 0 Å². The van der Waals surface area contributed by atoms with E-state index in [1.165, 1.54) is 12.8 Å². The van der Waals surface area contributed by atoms with Crippen LogP contribution in [0.4, 0.5) is 11.9 Å². The van der Waals surface area contributed by atoms with E-state index in [1.807, 2.05) is 4.90 Å². The molecule has 8 nitrogen and oxygen atoms in total. The third-order valence-corrected chi connectivity index (χ3v) is 3.26. The molecule has 0 saturated carbocycles. The van der Waals surface area contributed by atoms with E-state index in [4.69, 9.17) is 15.3 Å². The lowest BCUT2D eigenvalue weighted by Gasteiger charge is -2.26. The highest BCUT2D eigenvalue weighted by Gasteiger charge is 2.16. The van der Waals surface area contributed by atoms with Gasteiger partial charge in [-0.3, -0.25) is 5.43 Å². The molecule has 1 aliphatic rings. The Kier molecular flexibility index (Phi) is 6.42. The molecule has 1 aliphatic heterocycles. The van der Waals surface area contributed by atoms with E-state index in [2.05, 4.69) is 27.3 Å². The lowest BCUT2D eigenvalue weighted by molar-refractivity contribution is 0.122. The molecule has 2 rings (SSSR count). The zero-order valence-electron chi connectivity index (χ0n) is 12.5. The van der Waals surface area contributed by atoms with Gasteiger partial charge in [-0.15, -0.1) is 0 Å². The Morgan fingerprint density at radius 1 is 1.19 bits per heavy atom. The predicted molar refractivity (Wildman–Crippen MR) is 80.3 cm³/mol. The molecule has 118 valence electrons. The molecule has 0 atom stereocenters.